The van der Waals surface area contributed by atoms with Crippen LogP contribution in [-0.4, -0.2) is 119 Å². The van der Waals surface area contributed by atoms with Crippen LogP contribution in [0.25, 0.3) is 22.3 Å². The van der Waals surface area contributed by atoms with Crippen molar-refractivity contribution in [2.24, 2.45) is 0 Å². The first kappa shape index (κ1) is 30.7. The zero-order valence-electron chi connectivity index (χ0n) is 22.3. The Hall–Kier alpha value is -3.71. The molecular weight excluding hydrogens is 580 g/mol. The quantitative estimate of drug-likeness (QED) is 0.140. The van der Waals surface area contributed by atoms with E-state index in [0.29, 0.717) is 0 Å². The largest absolute Gasteiger partial charge is 0.508 e. The van der Waals surface area contributed by atoms with Gasteiger partial charge in [0.05, 0.1) is 12.7 Å². The van der Waals surface area contributed by atoms with Crippen LogP contribution in [0.5, 0.6) is 28.7 Å². The Morgan fingerprint density at radius 2 is 1.51 bits per heavy atom. The fourth-order valence-corrected chi connectivity index (χ4v) is 4.93. The lowest BCUT2D eigenvalue weighted by molar-refractivity contribution is -0.320. The van der Waals surface area contributed by atoms with Crippen molar-refractivity contribution >= 4 is 11.0 Å². The SMILES string of the molecule is CC1OC(OCC2OC(O)C(O)C(O)C2O)C(O)C(O)C1Oc1c(-c2ccc(O)c(O)c2)oc2cc(O)cc(O)c2c1=O. The summed E-state index contributed by atoms with van der Waals surface area (Å²) in [6, 6.07) is 5.39. The van der Waals surface area contributed by atoms with Crippen molar-refractivity contribution in [3.8, 4) is 40.1 Å². The standard InChI is InChI=1S/C27H30O16/c1-8-23(20(35)22(37)27(40-8)39-7-15-17(32)19(34)21(36)26(38)42-15)43-25-18(33)16-13(31)5-10(28)6-14(16)41-24(25)9-2-3-11(29)12(30)4-9/h2-6,8,15,17,19-23,26-32,34-38H,7H2,1H3. The molecule has 0 amide bonds. The van der Waals surface area contributed by atoms with Gasteiger partial charge >= 0.3 is 0 Å². The maximum absolute atomic E-state index is 13.6. The summed E-state index contributed by atoms with van der Waals surface area (Å²) in [5.41, 5.74) is -1.18. The van der Waals surface area contributed by atoms with Crippen molar-refractivity contribution in [3.05, 3.63) is 40.6 Å². The van der Waals surface area contributed by atoms with Crippen LogP contribution in [-0.2, 0) is 14.2 Å². The van der Waals surface area contributed by atoms with Gasteiger partial charge in [0.15, 0.2) is 35.9 Å². The summed E-state index contributed by atoms with van der Waals surface area (Å²) in [5, 5.41) is 101. The second kappa shape index (κ2) is 11.8. The smallest absolute Gasteiger partial charge is 0.239 e. The molecule has 2 saturated heterocycles. The molecule has 234 valence electrons. The van der Waals surface area contributed by atoms with E-state index in [1.807, 2.05) is 0 Å². The summed E-state index contributed by atoms with van der Waals surface area (Å²) in [5.74, 6) is -3.03. The lowest BCUT2D eigenvalue weighted by Gasteiger charge is -2.42. The first-order valence-corrected chi connectivity index (χ1v) is 13.0. The number of rotatable bonds is 6. The van der Waals surface area contributed by atoms with Crippen LogP contribution >= 0.6 is 0 Å². The van der Waals surface area contributed by atoms with Crippen molar-refractivity contribution in [2.45, 2.75) is 68.3 Å². The third kappa shape index (κ3) is 5.67. The van der Waals surface area contributed by atoms with Gasteiger partial charge in [-0.15, -0.1) is 0 Å². The molecule has 0 spiro atoms. The summed E-state index contributed by atoms with van der Waals surface area (Å²) in [4.78, 5) is 13.6. The number of ether oxygens (including phenoxy) is 4. The molecule has 5 rings (SSSR count). The first-order valence-electron chi connectivity index (χ1n) is 13.0. The molecule has 2 aliphatic rings. The molecule has 10 N–H and O–H groups in total. The Bertz CT molecular complexity index is 1540. The summed E-state index contributed by atoms with van der Waals surface area (Å²) in [6.07, 6.45) is -16.1. The van der Waals surface area contributed by atoms with E-state index in [2.05, 4.69) is 0 Å². The average Bonchev–Trinajstić information content (AvgIpc) is 2.95. The summed E-state index contributed by atoms with van der Waals surface area (Å²) >= 11 is 0. The van der Waals surface area contributed by atoms with E-state index in [0.717, 1.165) is 24.3 Å². The van der Waals surface area contributed by atoms with Crippen LogP contribution in [0.4, 0.5) is 0 Å². The molecule has 0 saturated carbocycles. The predicted octanol–water partition coefficient (Wildman–Crippen LogP) is -1.69. The number of aliphatic hydroxyl groups is 6. The highest BCUT2D eigenvalue weighted by Gasteiger charge is 2.47. The minimum absolute atomic E-state index is 0.0216. The molecule has 0 radical (unpaired) electrons. The molecule has 1 aromatic heterocycles. The van der Waals surface area contributed by atoms with E-state index in [1.165, 1.54) is 13.0 Å². The zero-order chi connectivity index (χ0) is 31.3. The van der Waals surface area contributed by atoms with Gasteiger partial charge in [-0.3, -0.25) is 4.79 Å². The summed E-state index contributed by atoms with van der Waals surface area (Å²) in [6.45, 7) is 0.861. The van der Waals surface area contributed by atoms with Gasteiger partial charge < -0.3 is 74.4 Å². The Kier molecular flexibility index (Phi) is 8.41. The van der Waals surface area contributed by atoms with Crippen molar-refractivity contribution in [1.82, 2.24) is 0 Å². The predicted molar refractivity (Wildman–Crippen MR) is 140 cm³/mol. The van der Waals surface area contributed by atoms with Crippen molar-refractivity contribution < 1.29 is 74.4 Å². The fourth-order valence-electron chi connectivity index (χ4n) is 4.93. The number of benzene rings is 2. The molecular formula is C27H30O16. The third-order valence-electron chi connectivity index (χ3n) is 7.30. The highest BCUT2D eigenvalue weighted by molar-refractivity contribution is 5.88. The van der Waals surface area contributed by atoms with Gasteiger partial charge in [-0.05, 0) is 25.1 Å². The maximum atomic E-state index is 13.6. The normalized spacial score (nSPS) is 33.0. The van der Waals surface area contributed by atoms with Gasteiger partial charge in [0.25, 0.3) is 0 Å². The molecule has 3 heterocycles. The van der Waals surface area contributed by atoms with E-state index in [-0.39, 0.29) is 22.3 Å². The molecule has 16 heteroatoms. The fraction of sp³-hybridized carbons (Fsp3) is 0.444. The molecule has 43 heavy (non-hydrogen) atoms. The number of aliphatic hydroxyl groups excluding tert-OH is 6. The summed E-state index contributed by atoms with van der Waals surface area (Å²) in [7, 11) is 0. The molecule has 3 aromatic rings. The number of aromatic hydroxyl groups is 4. The van der Waals surface area contributed by atoms with Gasteiger partial charge in [0.1, 0.15) is 59.1 Å². The second-order valence-electron chi connectivity index (χ2n) is 10.3. The van der Waals surface area contributed by atoms with Crippen LogP contribution in [0.3, 0.4) is 0 Å². The molecule has 10 atom stereocenters. The highest BCUT2D eigenvalue weighted by Crippen LogP contribution is 2.39. The molecule has 0 aliphatic carbocycles. The van der Waals surface area contributed by atoms with Gasteiger partial charge in [-0.1, -0.05) is 0 Å². The van der Waals surface area contributed by atoms with Crippen molar-refractivity contribution in [3.63, 3.8) is 0 Å². The van der Waals surface area contributed by atoms with Crippen LogP contribution < -0.4 is 10.2 Å². The second-order valence-corrected chi connectivity index (χ2v) is 10.3. The molecule has 2 aromatic carbocycles. The number of phenolic OH excluding ortho intramolecular Hbond substituents is 4. The van der Waals surface area contributed by atoms with Gasteiger partial charge in [-0.25, -0.2) is 0 Å². The van der Waals surface area contributed by atoms with Crippen LogP contribution in [0.1, 0.15) is 6.92 Å². The minimum atomic E-state index is -1.83. The van der Waals surface area contributed by atoms with Crippen molar-refractivity contribution in [1.29, 1.82) is 0 Å². The van der Waals surface area contributed by atoms with E-state index >= 15 is 0 Å². The van der Waals surface area contributed by atoms with Crippen LogP contribution in [0, 0.1) is 0 Å². The molecule has 2 fully saturated rings. The summed E-state index contributed by atoms with van der Waals surface area (Å²) < 4.78 is 27.7. The number of phenols is 4. The Morgan fingerprint density at radius 1 is 0.791 bits per heavy atom. The third-order valence-corrected chi connectivity index (χ3v) is 7.30. The topological polar surface area (TPSA) is 269 Å². The Labute approximate surface area is 241 Å². The first-order chi connectivity index (χ1) is 20.3. The van der Waals surface area contributed by atoms with E-state index in [9.17, 15) is 55.9 Å². The number of hydrogen-bond acceptors (Lipinski definition) is 16. The highest BCUT2D eigenvalue weighted by atomic mass is 16.7. The minimum Gasteiger partial charge on any atom is -0.508 e. The van der Waals surface area contributed by atoms with Gasteiger partial charge in [-0.2, -0.15) is 0 Å². The maximum Gasteiger partial charge on any atom is 0.239 e. The number of fused-ring (bicyclic) bond motifs is 1. The van der Waals surface area contributed by atoms with E-state index in [4.69, 9.17) is 23.4 Å². The zero-order valence-corrected chi connectivity index (χ0v) is 22.3. The lowest BCUT2D eigenvalue weighted by Crippen LogP contribution is -2.61. The van der Waals surface area contributed by atoms with Crippen LogP contribution in [0.15, 0.2) is 39.5 Å². The van der Waals surface area contributed by atoms with E-state index in [1.54, 1.807) is 0 Å². The molecule has 10 unspecified atom stereocenters. The van der Waals surface area contributed by atoms with Crippen molar-refractivity contribution in [2.75, 3.05) is 6.61 Å². The van der Waals surface area contributed by atoms with Gasteiger partial charge in [0.2, 0.25) is 11.2 Å². The molecule has 2 aliphatic heterocycles. The van der Waals surface area contributed by atoms with Crippen LogP contribution in [0.2, 0.25) is 0 Å². The Balaban J connectivity index is 1.43. The van der Waals surface area contributed by atoms with Gasteiger partial charge in [0, 0.05) is 17.7 Å². The average molecular weight is 611 g/mol. The molecule has 0 bridgehead atoms. The van der Waals surface area contributed by atoms with E-state index < -0.39 is 102 Å². The molecule has 16 nitrogen and oxygen atoms in total. The lowest BCUT2D eigenvalue weighted by atomic mass is 9.98. The monoisotopic (exact) mass is 610 g/mol. The number of hydrogen-bond donors (Lipinski definition) is 10. The Morgan fingerprint density at radius 3 is 2.21 bits per heavy atom.